The second-order valence-electron chi connectivity index (χ2n) is 4.44. The van der Waals surface area contributed by atoms with Crippen molar-refractivity contribution in [3.05, 3.63) is 57.0 Å². The number of rotatable bonds is 3. The first-order valence-electron chi connectivity index (χ1n) is 6.42. The van der Waals surface area contributed by atoms with Gasteiger partial charge in [-0.1, -0.05) is 24.0 Å². The number of nitrogens with two attached hydrogens (primary N) is 1. The molecular formula is C16H15FN2OS. The number of thiophene rings is 1. The first-order chi connectivity index (χ1) is 10.1. The number of benzene rings is 1. The van der Waals surface area contributed by atoms with Crippen molar-refractivity contribution in [3.63, 3.8) is 0 Å². The van der Waals surface area contributed by atoms with Crippen LogP contribution in [0.25, 0.3) is 0 Å². The first kappa shape index (κ1) is 15.2. The number of nitrogens with one attached hydrogen (secondary N) is 1. The number of carbonyl (C=O) groups is 1. The van der Waals surface area contributed by atoms with Gasteiger partial charge in [0.1, 0.15) is 5.82 Å². The van der Waals surface area contributed by atoms with Crippen LogP contribution in [0.1, 0.15) is 25.7 Å². The maximum absolute atomic E-state index is 12.8. The van der Waals surface area contributed by atoms with Crippen LogP contribution in [-0.2, 0) is 6.54 Å². The molecule has 0 fully saturated rings. The molecule has 5 heteroatoms. The maximum Gasteiger partial charge on any atom is 0.261 e. The zero-order valence-electron chi connectivity index (χ0n) is 11.6. The van der Waals surface area contributed by atoms with Gasteiger partial charge >= 0.3 is 0 Å². The lowest BCUT2D eigenvalue weighted by Gasteiger charge is -2.03. The number of aryl methyl sites for hydroxylation is 1. The molecule has 0 spiro atoms. The molecule has 21 heavy (non-hydrogen) atoms. The number of halogens is 1. The van der Waals surface area contributed by atoms with E-state index in [-0.39, 0.29) is 11.7 Å². The molecule has 2 rings (SSSR count). The Morgan fingerprint density at radius 1 is 1.38 bits per heavy atom. The van der Waals surface area contributed by atoms with Gasteiger partial charge in [0.2, 0.25) is 0 Å². The van der Waals surface area contributed by atoms with E-state index in [0.717, 1.165) is 16.0 Å². The van der Waals surface area contributed by atoms with Crippen molar-refractivity contribution in [3.8, 4) is 11.8 Å². The summed E-state index contributed by atoms with van der Waals surface area (Å²) in [7, 11) is 0. The quantitative estimate of drug-likeness (QED) is 0.856. The molecule has 0 radical (unpaired) electrons. The minimum atomic E-state index is -0.290. The molecule has 3 nitrogen and oxygen atoms in total. The van der Waals surface area contributed by atoms with Crippen molar-refractivity contribution in [2.45, 2.75) is 13.5 Å². The van der Waals surface area contributed by atoms with Gasteiger partial charge in [-0.15, -0.1) is 11.3 Å². The van der Waals surface area contributed by atoms with Crippen molar-refractivity contribution in [2.75, 3.05) is 6.54 Å². The Hall–Kier alpha value is -2.16. The second-order valence-corrected chi connectivity index (χ2v) is 5.49. The molecule has 0 atom stereocenters. The summed E-state index contributed by atoms with van der Waals surface area (Å²) >= 11 is 1.34. The molecule has 0 aliphatic carbocycles. The summed E-state index contributed by atoms with van der Waals surface area (Å²) in [5, 5.41) is 2.81. The standard InChI is InChI=1S/C16H15FN2OS/c1-11-9-15(21-14(11)3-2-8-18)16(20)19-10-12-4-6-13(17)7-5-12/h4-7,9H,8,10,18H2,1H3,(H,19,20). The molecule has 1 aromatic heterocycles. The topological polar surface area (TPSA) is 55.1 Å². The highest BCUT2D eigenvalue weighted by Crippen LogP contribution is 2.20. The lowest BCUT2D eigenvalue weighted by atomic mass is 10.2. The third kappa shape index (κ3) is 4.15. The largest absolute Gasteiger partial charge is 0.347 e. The first-order valence-corrected chi connectivity index (χ1v) is 7.24. The van der Waals surface area contributed by atoms with Crippen molar-refractivity contribution in [2.24, 2.45) is 5.73 Å². The summed E-state index contributed by atoms with van der Waals surface area (Å²) in [6.45, 7) is 2.57. The Morgan fingerprint density at radius 3 is 2.76 bits per heavy atom. The molecule has 0 bridgehead atoms. The predicted octanol–water partition coefficient (Wildman–Crippen LogP) is 2.44. The van der Waals surface area contributed by atoms with Crippen LogP contribution in [-0.4, -0.2) is 12.5 Å². The Bertz CT molecular complexity index is 695. The van der Waals surface area contributed by atoms with Crippen molar-refractivity contribution < 1.29 is 9.18 Å². The molecule has 0 aliphatic heterocycles. The van der Waals surface area contributed by atoms with Gasteiger partial charge < -0.3 is 11.1 Å². The highest BCUT2D eigenvalue weighted by Gasteiger charge is 2.11. The van der Waals surface area contributed by atoms with Gasteiger partial charge in [0, 0.05) is 6.54 Å². The van der Waals surface area contributed by atoms with E-state index in [2.05, 4.69) is 17.2 Å². The van der Waals surface area contributed by atoms with Crippen LogP contribution in [0.15, 0.2) is 30.3 Å². The fourth-order valence-electron chi connectivity index (χ4n) is 1.72. The Balaban J connectivity index is 2.02. The molecule has 2 aromatic rings. The van der Waals surface area contributed by atoms with Crippen LogP contribution in [0.3, 0.4) is 0 Å². The molecule has 1 amide bonds. The molecule has 0 saturated heterocycles. The van der Waals surface area contributed by atoms with Crippen molar-refractivity contribution in [1.29, 1.82) is 0 Å². The summed E-state index contributed by atoms with van der Waals surface area (Å²) in [5.74, 6) is 5.28. The average molecular weight is 302 g/mol. The van der Waals surface area contributed by atoms with Gasteiger partial charge in [-0.05, 0) is 36.2 Å². The van der Waals surface area contributed by atoms with Crippen LogP contribution < -0.4 is 11.1 Å². The SMILES string of the molecule is Cc1cc(C(=O)NCc2ccc(F)cc2)sc1C#CCN. The Morgan fingerprint density at radius 2 is 2.10 bits per heavy atom. The third-order valence-electron chi connectivity index (χ3n) is 2.81. The van der Waals surface area contributed by atoms with E-state index in [1.807, 2.05) is 13.0 Å². The zero-order valence-corrected chi connectivity index (χ0v) is 12.4. The number of amides is 1. The van der Waals surface area contributed by atoms with Gasteiger partial charge in [0.15, 0.2) is 0 Å². The Labute approximate surface area is 127 Å². The number of hydrogen-bond acceptors (Lipinski definition) is 3. The van der Waals surface area contributed by atoms with Gasteiger partial charge in [0.25, 0.3) is 5.91 Å². The van der Waals surface area contributed by atoms with E-state index in [9.17, 15) is 9.18 Å². The normalized spacial score (nSPS) is 9.86. The van der Waals surface area contributed by atoms with Gasteiger partial charge in [0.05, 0.1) is 16.3 Å². The summed E-state index contributed by atoms with van der Waals surface area (Å²) in [6.07, 6.45) is 0. The molecular weight excluding hydrogens is 287 g/mol. The molecule has 0 aliphatic rings. The predicted molar refractivity (Wildman–Crippen MR) is 82.6 cm³/mol. The van der Waals surface area contributed by atoms with E-state index in [0.29, 0.717) is 18.0 Å². The third-order valence-corrected chi connectivity index (χ3v) is 3.96. The maximum atomic E-state index is 12.8. The molecule has 3 N–H and O–H groups in total. The zero-order chi connectivity index (χ0) is 15.2. The molecule has 1 aromatic carbocycles. The summed E-state index contributed by atoms with van der Waals surface area (Å²) in [5.41, 5.74) is 7.15. The summed E-state index contributed by atoms with van der Waals surface area (Å²) in [4.78, 5) is 13.5. The van der Waals surface area contributed by atoms with E-state index < -0.39 is 0 Å². The van der Waals surface area contributed by atoms with Crippen molar-refractivity contribution in [1.82, 2.24) is 5.32 Å². The number of carbonyl (C=O) groups excluding carboxylic acids is 1. The monoisotopic (exact) mass is 302 g/mol. The number of hydrogen-bond donors (Lipinski definition) is 2. The summed E-state index contributed by atoms with van der Waals surface area (Å²) < 4.78 is 12.8. The lowest BCUT2D eigenvalue weighted by Crippen LogP contribution is -2.21. The molecule has 0 saturated carbocycles. The lowest BCUT2D eigenvalue weighted by molar-refractivity contribution is 0.0955. The molecule has 1 heterocycles. The molecule has 108 valence electrons. The smallest absolute Gasteiger partial charge is 0.261 e. The van der Waals surface area contributed by atoms with Crippen LogP contribution in [0, 0.1) is 24.6 Å². The van der Waals surface area contributed by atoms with Crippen LogP contribution >= 0.6 is 11.3 Å². The van der Waals surface area contributed by atoms with E-state index >= 15 is 0 Å². The molecule has 0 unspecified atom stereocenters. The minimum absolute atomic E-state index is 0.159. The highest BCUT2D eigenvalue weighted by molar-refractivity contribution is 7.14. The summed E-state index contributed by atoms with van der Waals surface area (Å²) in [6, 6.07) is 7.85. The van der Waals surface area contributed by atoms with E-state index in [1.54, 1.807) is 12.1 Å². The van der Waals surface area contributed by atoms with Crippen LogP contribution in [0.2, 0.25) is 0 Å². The van der Waals surface area contributed by atoms with E-state index in [4.69, 9.17) is 5.73 Å². The van der Waals surface area contributed by atoms with Crippen molar-refractivity contribution >= 4 is 17.2 Å². The average Bonchev–Trinajstić information content (AvgIpc) is 2.85. The van der Waals surface area contributed by atoms with Gasteiger partial charge in [-0.2, -0.15) is 0 Å². The second kappa shape index (κ2) is 7.02. The fourth-order valence-corrected chi connectivity index (χ4v) is 2.68. The Kier molecular flexibility index (Phi) is 5.09. The van der Waals surface area contributed by atoms with Gasteiger partial charge in [-0.25, -0.2) is 4.39 Å². The van der Waals surface area contributed by atoms with Crippen LogP contribution in [0.4, 0.5) is 4.39 Å². The fraction of sp³-hybridized carbons (Fsp3) is 0.188. The minimum Gasteiger partial charge on any atom is -0.347 e. The van der Waals surface area contributed by atoms with E-state index in [1.165, 1.54) is 23.5 Å². The van der Waals surface area contributed by atoms with Gasteiger partial charge in [-0.3, -0.25) is 4.79 Å². The highest BCUT2D eigenvalue weighted by atomic mass is 32.1. The van der Waals surface area contributed by atoms with Crippen LogP contribution in [0.5, 0.6) is 0 Å².